The molecule has 0 bridgehead atoms. The molecule has 0 aliphatic carbocycles. The summed E-state index contributed by atoms with van der Waals surface area (Å²) in [6.07, 6.45) is 3.10. The molecule has 0 atom stereocenters. The van der Waals surface area contributed by atoms with Crippen molar-refractivity contribution in [2.24, 2.45) is 0 Å². The Morgan fingerprint density at radius 1 is 1.32 bits per heavy atom. The van der Waals surface area contributed by atoms with Gasteiger partial charge in [-0.3, -0.25) is 10.1 Å². The Kier molecular flexibility index (Phi) is 5.64. The van der Waals surface area contributed by atoms with Crippen molar-refractivity contribution in [3.63, 3.8) is 0 Å². The number of nitrogens with one attached hydrogen (secondary N) is 1. The monoisotopic (exact) mass is 456 g/mol. The molecule has 0 aliphatic heterocycles. The molecule has 1 heterocycles. The lowest BCUT2D eigenvalue weighted by Crippen LogP contribution is -2.07. The Labute approximate surface area is 166 Å². The minimum absolute atomic E-state index is 0.302. The Hall–Kier alpha value is -1.60. The van der Waals surface area contributed by atoms with Gasteiger partial charge in [-0.05, 0) is 36.4 Å². The predicted octanol–water partition coefficient (Wildman–Crippen LogP) is 6.03. The van der Waals surface area contributed by atoms with Gasteiger partial charge in [-0.1, -0.05) is 50.5 Å². The van der Waals surface area contributed by atoms with Crippen molar-refractivity contribution in [2.45, 2.75) is 0 Å². The molecule has 0 unspecified atom stereocenters. The summed E-state index contributed by atoms with van der Waals surface area (Å²) in [5.41, 5.74) is 1.36. The van der Waals surface area contributed by atoms with Crippen molar-refractivity contribution in [3.8, 4) is 5.75 Å². The minimum Gasteiger partial charge on any atom is -0.496 e. The number of halogens is 3. The summed E-state index contributed by atoms with van der Waals surface area (Å²) in [6.45, 7) is 0. The highest BCUT2D eigenvalue weighted by molar-refractivity contribution is 9.10. The van der Waals surface area contributed by atoms with Crippen LogP contribution in [0.2, 0.25) is 10.0 Å². The first-order chi connectivity index (χ1) is 12.0. The third-order valence-corrected chi connectivity index (χ3v) is 5.51. The molecule has 1 aromatic heterocycles. The number of thiazole rings is 1. The number of ether oxygens (including phenoxy) is 1. The number of fused-ring (bicyclic) bond motifs is 1. The number of carbonyl (C=O) groups is 1. The zero-order valence-corrected chi connectivity index (χ0v) is 16.8. The third kappa shape index (κ3) is 4.15. The van der Waals surface area contributed by atoms with Gasteiger partial charge >= 0.3 is 0 Å². The number of aromatic nitrogens is 1. The van der Waals surface area contributed by atoms with E-state index in [1.165, 1.54) is 17.4 Å². The van der Waals surface area contributed by atoms with E-state index in [9.17, 15) is 4.79 Å². The summed E-state index contributed by atoms with van der Waals surface area (Å²) in [6, 6.07) is 9.07. The maximum Gasteiger partial charge on any atom is 0.250 e. The first-order valence-electron chi connectivity index (χ1n) is 7.05. The molecule has 4 nitrogen and oxygen atoms in total. The second kappa shape index (κ2) is 7.74. The van der Waals surface area contributed by atoms with Crippen LogP contribution in [0.15, 0.2) is 40.9 Å². The second-order valence-corrected chi connectivity index (χ2v) is 7.67. The number of carbonyl (C=O) groups excluding carboxylic acids is 1. The van der Waals surface area contributed by atoms with Crippen molar-refractivity contribution < 1.29 is 9.53 Å². The maximum atomic E-state index is 12.2. The Bertz CT molecular complexity index is 988. The number of hydrogen-bond acceptors (Lipinski definition) is 4. The van der Waals surface area contributed by atoms with Crippen LogP contribution >= 0.6 is 50.5 Å². The standard InChI is InChI=1S/C17H11BrCl2N2O2S/c1-24-12-5-3-10(18)8-9(12)2-7-14(23)21-17-22-16-13(25-17)6-4-11(19)15(16)20/h2-8H,1H3,(H,21,22,23)/b7-2+. The van der Waals surface area contributed by atoms with E-state index < -0.39 is 0 Å². The van der Waals surface area contributed by atoms with Gasteiger partial charge in [0.25, 0.3) is 0 Å². The fourth-order valence-electron chi connectivity index (χ4n) is 2.14. The van der Waals surface area contributed by atoms with Crippen molar-refractivity contribution in [3.05, 3.63) is 56.5 Å². The molecule has 0 radical (unpaired) electrons. The molecule has 128 valence electrons. The lowest BCUT2D eigenvalue weighted by atomic mass is 10.2. The van der Waals surface area contributed by atoms with E-state index >= 15 is 0 Å². The van der Waals surface area contributed by atoms with Gasteiger partial charge in [0, 0.05) is 16.1 Å². The van der Waals surface area contributed by atoms with Gasteiger partial charge in [-0.25, -0.2) is 4.98 Å². The highest BCUT2D eigenvalue weighted by Gasteiger charge is 2.11. The van der Waals surface area contributed by atoms with Crippen LogP contribution in [0.25, 0.3) is 16.3 Å². The average Bonchev–Trinajstić information content (AvgIpc) is 3.00. The van der Waals surface area contributed by atoms with E-state index in [2.05, 4.69) is 26.2 Å². The number of rotatable bonds is 4. The quantitative estimate of drug-likeness (QED) is 0.487. The van der Waals surface area contributed by atoms with E-state index in [4.69, 9.17) is 27.9 Å². The van der Waals surface area contributed by atoms with Gasteiger partial charge < -0.3 is 4.74 Å². The third-order valence-electron chi connectivity index (χ3n) is 3.29. The lowest BCUT2D eigenvalue weighted by molar-refractivity contribution is -0.111. The molecule has 0 spiro atoms. The van der Waals surface area contributed by atoms with Gasteiger partial charge in [0.15, 0.2) is 5.13 Å². The van der Waals surface area contributed by atoms with Crippen LogP contribution in [0.4, 0.5) is 5.13 Å². The number of benzene rings is 2. The molecule has 0 saturated heterocycles. The molecule has 1 N–H and O–H groups in total. The number of methoxy groups -OCH3 is 1. The summed E-state index contributed by atoms with van der Waals surface area (Å²) in [5, 5.41) is 3.99. The molecule has 2 aromatic carbocycles. The Balaban J connectivity index is 1.79. The number of amides is 1. The fraction of sp³-hybridized carbons (Fsp3) is 0.0588. The maximum absolute atomic E-state index is 12.2. The van der Waals surface area contributed by atoms with E-state index in [0.717, 1.165) is 14.7 Å². The average molecular weight is 458 g/mol. The first kappa shape index (κ1) is 18.2. The number of hydrogen-bond donors (Lipinski definition) is 1. The van der Waals surface area contributed by atoms with Gasteiger partial charge in [0.1, 0.15) is 11.3 Å². The van der Waals surface area contributed by atoms with Crippen LogP contribution in [-0.2, 0) is 4.79 Å². The minimum atomic E-state index is -0.302. The predicted molar refractivity (Wildman–Crippen MR) is 108 cm³/mol. The summed E-state index contributed by atoms with van der Waals surface area (Å²) in [7, 11) is 1.58. The molecule has 25 heavy (non-hydrogen) atoms. The summed E-state index contributed by atoms with van der Waals surface area (Å²) < 4.78 is 7.02. The molecular formula is C17H11BrCl2N2O2S. The second-order valence-electron chi connectivity index (χ2n) is 4.94. The number of nitrogens with zero attached hydrogens (tertiary/aromatic N) is 1. The SMILES string of the molecule is COc1ccc(Br)cc1/C=C/C(=O)Nc1nc2c(Cl)c(Cl)ccc2s1. The normalized spacial score (nSPS) is 11.2. The summed E-state index contributed by atoms with van der Waals surface area (Å²) in [5.74, 6) is 0.372. The highest BCUT2D eigenvalue weighted by atomic mass is 79.9. The van der Waals surface area contributed by atoms with Crippen molar-refractivity contribution in [2.75, 3.05) is 12.4 Å². The Morgan fingerprint density at radius 2 is 2.12 bits per heavy atom. The molecule has 0 aliphatic rings. The van der Waals surface area contributed by atoms with E-state index in [1.807, 2.05) is 24.3 Å². The number of anilines is 1. The highest BCUT2D eigenvalue weighted by Crippen LogP contribution is 2.35. The van der Waals surface area contributed by atoms with Crippen LogP contribution in [-0.4, -0.2) is 18.0 Å². The van der Waals surface area contributed by atoms with E-state index in [0.29, 0.717) is 26.4 Å². The Morgan fingerprint density at radius 3 is 2.88 bits per heavy atom. The van der Waals surface area contributed by atoms with Crippen molar-refractivity contribution >= 4 is 77.8 Å². The van der Waals surface area contributed by atoms with Crippen LogP contribution in [0.1, 0.15) is 5.56 Å². The smallest absolute Gasteiger partial charge is 0.250 e. The molecular weight excluding hydrogens is 447 g/mol. The van der Waals surface area contributed by atoms with Crippen LogP contribution < -0.4 is 10.1 Å². The zero-order valence-electron chi connectivity index (χ0n) is 12.8. The van der Waals surface area contributed by atoms with Gasteiger partial charge in [-0.2, -0.15) is 0 Å². The summed E-state index contributed by atoms with van der Waals surface area (Å²) in [4.78, 5) is 16.5. The molecule has 8 heteroatoms. The van der Waals surface area contributed by atoms with E-state index in [-0.39, 0.29) is 5.91 Å². The van der Waals surface area contributed by atoms with Crippen molar-refractivity contribution in [1.29, 1.82) is 0 Å². The molecule has 0 fully saturated rings. The molecule has 3 rings (SSSR count). The van der Waals surface area contributed by atoms with E-state index in [1.54, 1.807) is 19.3 Å². The topological polar surface area (TPSA) is 51.2 Å². The summed E-state index contributed by atoms with van der Waals surface area (Å²) >= 11 is 16.8. The fourth-order valence-corrected chi connectivity index (χ4v) is 3.81. The van der Waals surface area contributed by atoms with Crippen molar-refractivity contribution in [1.82, 2.24) is 4.98 Å². The van der Waals surface area contributed by atoms with Crippen LogP contribution in [0.3, 0.4) is 0 Å². The lowest BCUT2D eigenvalue weighted by Gasteiger charge is -2.04. The van der Waals surface area contributed by atoms with Gasteiger partial charge in [0.05, 0.1) is 21.9 Å². The molecule has 1 amide bonds. The van der Waals surface area contributed by atoms with Gasteiger partial charge in [0.2, 0.25) is 5.91 Å². The van der Waals surface area contributed by atoms with Crippen LogP contribution in [0.5, 0.6) is 5.75 Å². The van der Waals surface area contributed by atoms with Crippen LogP contribution in [0, 0.1) is 0 Å². The zero-order chi connectivity index (χ0) is 18.0. The first-order valence-corrected chi connectivity index (χ1v) is 9.41. The largest absolute Gasteiger partial charge is 0.496 e. The molecule has 3 aromatic rings. The van der Waals surface area contributed by atoms with Gasteiger partial charge in [-0.15, -0.1) is 0 Å². The molecule has 0 saturated carbocycles.